The molecular formula is C24H25N3O2. The van der Waals surface area contributed by atoms with Gasteiger partial charge in [-0.2, -0.15) is 0 Å². The number of H-pyrrole nitrogens is 1. The number of benzene rings is 2. The lowest BCUT2D eigenvalue weighted by Gasteiger charge is -2.27. The average molecular weight is 387 g/mol. The maximum Gasteiger partial charge on any atom is 0.255 e. The van der Waals surface area contributed by atoms with Crippen LogP contribution in [-0.4, -0.2) is 34.3 Å². The zero-order chi connectivity index (χ0) is 19.8. The van der Waals surface area contributed by atoms with E-state index in [0.29, 0.717) is 5.56 Å². The van der Waals surface area contributed by atoms with E-state index in [2.05, 4.69) is 16.4 Å². The van der Waals surface area contributed by atoms with E-state index in [-0.39, 0.29) is 30.4 Å². The Labute approximate surface area is 170 Å². The van der Waals surface area contributed by atoms with Crippen LogP contribution in [0, 0.1) is 0 Å². The molecular weight excluding hydrogens is 362 g/mol. The van der Waals surface area contributed by atoms with Gasteiger partial charge in [-0.3, -0.25) is 9.59 Å². The number of aromatic nitrogens is 1. The lowest BCUT2D eigenvalue weighted by molar-refractivity contribution is -0.122. The summed E-state index contributed by atoms with van der Waals surface area (Å²) in [5.41, 5.74) is 3.72. The molecule has 5 heteroatoms. The summed E-state index contributed by atoms with van der Waals surface area (Å²) in [6, 6.07) is 15.8. The Bertz CT molecular complexity index is 1060. The van der Waals surface area contributed by atoms with Crippen LogP contribution in [0.3, 0.4) is 0 Å². The van der Waals surface area contributed by atoms with Crippen molar-refractivity contribution in [2.75, 3.05) is 6.54 Å². The predicted molar refractivity (Wildman–Crippen MR) is 113 cm³/mol. The van der Waals surface area contributed by atoms with Crippen molar-refractivity contribution in [3.05, 3.63) is 71.4 Å². The predicted octanol–water partition coefficient (Wildman–Crippen LogP) is 4.16. The van der Waals surface area contributed by atoms with Gasteiger partial charge in [-0.25, -0.2) is 0 Å². The number of fused-ring (bicyclic) bond motifs is 2. The monoisotopic (exact) mass is 387 g/mol. The van der Waals surface area contributed by atoms with Crippen LogP contribution in [0.1, 0.15) is 59.6 Å². The van der Waals surface area contributed by atoms with Gasteiger partial charge in [-0.05, 0) is 30.5 Å². The largest absolute Gasteiger partial charge is 0.361 e. The highest BCUT2D eigenvalue weighted by molar-refractivity contribution is 6.02. The molecule has 1 aliphatic heterocycles. The van der Waals surface area contributed by atoms with Crippen LogP contribution in [0.5, 0.6) is 0 Å². The first-order chi connectivity index (χ1) is 14.2. The van der Waals surface area contributed by atoms with E-state index < -0.39 is 0 Å². The fourth-order valence-corrected chi connectivity index (χ4v) is 4.86. The maximum atomic E-state index is 13.2. The Kier molecular flexibility index (Phi) is 4.58. The summed E-state index contributed by atoms with van der Waals surface area (Å²) in [4.78, 5) is 31.1. The van der Waals surface area contributed by atoms with Gasteiger partial charge in [0.2, 0.25) is 5.91 Å². The Hall–Kier alpha value is -3.08. The SMILES string of the molecule is O=C(CN1C(=O)c2ccccc2[C@H]1c1c[nH]c2ccccc12)NC1CCCCC1. The number of nitrogens with zero attached hydrogens (tertiary/aromatic N) is 1. The molecule has 1 aliphatic carbocycles. The van der Waals surface area contributed by atoms with Gasteiger partial charge in [0.05, 0.1) is 6.04 Å². The maximum absolute atomic E-state index is 13.2. The first kappa shape index (κ1) is 18.0. The highest BCUT2D eigenvalue weighted by atomic mass is 16.2. The van der Waals surface area contributed by atoms with E-state index in [1.165, 1.54) is 6.42 Å². The van der Waals surface area contributed by atoms with Crippen molar-refractivity contribution in [2.45, 2.75) is 44.2 Å². The van der Waals surface area contributed by atoms with Gasteiger partial charge in [-0.1, -0.05) is 55.7 Å². The van der Waals surface area contributed by atoms with E-state index in [9.17, 15) is 9.59 Å². The fraction of sp³-hybridized carbons (Fsp3) is 0.333. The van der Waals surface area contributed by atoms with Crippen molar-refractivity contribution in [3.63, 3.8) is 0 Å². The van der Waals surface area contributed by atoms with Gasteiger partial charge in [0.1, 0.15) is 6.54 Å². The molecule has 5 rings (SSSR count). The number of rotatable bonds is 4. The number of para-hydroxylation sites is 1. The summed E-state index contributed by atoms with van der Waals surface area (Å²) in [5, 5.41) is 4.24. The standard InChI is InChI=1S/C24H25N3O2/c28-22(26-16-8-2-1-3-9-16)15-27-23(18-11-4-5-12-19(18)24(27)29)20-14-25-21-13-7-6-10-17(20)21/h4-7,10-14,16,23,25H,1-3,8-9,15H2,(H,26,28)/t23-/m0/s1. The second kappa shape index (κ2) is 7.39. The number of aromatic amines is 1. The molecule has 2 heterocycles. The molecule has 0 spiro atoms. The molecule has 0 bridgehead atoms. The fourth-order valence-electron chi connectivity index (χ4n) is 4.86. The van der Waals surface area contributed by atoms with Gasteiger partial charge < -0.3 is 15.2 Å². The first-order valence-electron chi connectivity index (χ1n) is 10.5. The Morgan fingerprint density at radius 2 is 1.76 bits per heavy atom. The molecule has 1 atom stereocenters. The number of amides is 2. The van der Waals surface area contributed by atoms with Gasteiger partial charge in [0.15, 0.2) is 0 Å². The number of hydrogen-bond acceptors (Lipinski definition) is 2. The average Bonchev–Trinajstić information content (AvgIpc) is 3.28. The molecule has 2 N–H and O–H groups in total. The van der Waals surface area contributed by atoms with Crippen molar-refractivity contribution in [1.82, 2.24) is 15.2 Å². The van der Waals surface area contributed by atoms with Gasteiger partial charge in [0.25, 0.3) is 5.91 Å². The number of carbonyl (C=O) groups excluding carboxylic acids is 2. The summed E-state index contributed by atoms with van der Waals surface area (Å²) < 4.78 is 0. The third-order valence-electron chi connectivity index (χ3n) is 6.26. The third kappa shape index (κ3) is 3.20. The third-order valence-corrected chi connectivity index (χ3v) is 6.26. The lowest BCUT2D eigenvalue weighted by atomic mass is 9.95. The van der Waals surface area contributed by atoms with Crippen LogP contribution in [0.4, 0.5) is 0 Å². The van der Waals surface area contributed by atoms with Crippen molar-refractivity contribution in [3.8, 4) is 0 Å². The summed E-state index contributed by atoms with van der Waals surface area (Å²) in [6.07, 6.45) is 7.61. The molecule has 0 radical (unpaired) electrons. The van der Waals surface area contributed by atoms with Crippen LogP contribution < -0.4 is 5.32 Å². The second-order valence-electron chi connectivity index (χ2n) is 8.11. The Morgan fingerprint density at radius 1 is 1.00 bits per heavy atom. The number of carbonyl (C=O) groups is 2. The van der Waals surface area contributed by atoms with Crippen LogP contribution >= 0.6 is 0 Å². The quantitative estimate of drug-likeness (QED) is 0.706. The highest BCUT2D eigenvalue weighted by Gasteiger charge is 2.39. The smallest absolute Gasteiger partial charge is 0.255 e. The molecule has 1 aromatic heterocycles. The highest BCUT2D eigenvalue weighted by Crippen LogP contribution is 2.40. The van der Waals surface area contributed by atoms with Crippen molar-refractivity contribution in [1.29, 1.82) is 0 Å². The van der Waals surface area contributed by atoms with E-state index >= 15 is 0 Å². The molecule has 0 saturated heterocycles. The molecule has 5 nitrogen and oxygen atoms in total. The van der Waals surface area contributed by atoms with E-state index in [1.54, 1.807) is 4.90 Å². The second-order valence-corrected chi connectivity index (χ2v) is 8.11. The summed E-state index contributed by atoms with van der Waals surface area (Å²) in [5.74, 6) is -0.141. The van der Waals surface area contributed by atoms with Crippen molar-refractivity contribution >= 4 is 22.7 Å². The molecule has 3 aromatic rings. The van der Waals surface area contributed by atoms with Crippen LogP contribution in [-0.2, 0) is 4.79 Å². The van der Waals surface area contributed by atoms with E-state index in [1.807, 2.05) is 48.7 Å². The van der Waals surface area contributed by atoms with E-state index in [4.69, 9.17) is 0 Å². The minimum absolute atomic E-state index is 0.0668. The molecule has 2 aromatic carbocycles. The van der Waals surface area contributed by atoms with Crippen molar-refractivity contribution < 1.29 is 9.59 Å². The first-order valence-corrected chi connectivity index (χ1v) is 10.5. The zero-order valence-electron chi connectivity index (χ0n) is 16.4. The van der Waals surface area contributed by atoms with Gasteiger partial charge in [-0.15, -0.1) is 0 Å². The van der Waals surface area contributed by atoms with Crippen molar-refractivity contribution in [2.24, 2.45) is 0 Å². The van der Waals surface area contributed by atoms with Gasteiger partial charge in [0, 0.05) is 34.3 Å². The minimum Gasteiger partial charge on any atom is -0.361 e. The summed E-state index contributed by atoms with van der Waals surface area (Å²) in [7, 11) is 0. The molecule has 2 aliphatic rings. The Balaban J connectivity index is 1.48. The van der Waals surface area contributed by atoms with Gasteiger partial charge >= 0.3 is 0 Å². The Morgan fingerprint density at radius 3 is 2.62 bits per heavy atom. The normalized spacial score (nSPS) is 19.5. The van der Waals surface area contributed by atoms with Crippen LogP contribution in [0.15, 0.2) is 54.7 Å². The molecule has 1 fully saturated rings. The lowest BCUT2D eigenvalue weighted by Crippen LogP contribution is -2.44. The summed E-state index contributed by atoms with van der Waals surface area (Å²) >= 11 is 0. The number of nitrogens with one attached hydrogen (secondary N) is 2. The minimum atomic E-state index is -0.257. The molecule has 1 saturated carbocycles. The molecule has 148 valence electrons. The molecule has 29 heavy (non-hydrogen) atoms. The topological polar surface area (TPSA) is 65.2 Å². The molecule has 2 amide bonds. The van der Waals surface area contributed by atoms with Crippen LogP contribution in [0.25, 0.3) is 10.9 Å². The van der Waals surface area contributed by atoms with E-state index in [0.717, 1.165) is 47.7 Å². The summed E-state index contributed by atoms with van der Waals surface area (Å²) in [6.45, 7) is 0.0776. The number of hydrogen-bond donors (Lipinski definition) is 2. The zero-order valence-corrected chi connectivity index (χ0v) is 16.4. The van der Waals surface area contributed by atoms with Crippen LogP contribution in [0.2, 0.25) is 0 Å². The molecule has 0 unspecified atom stereocenters.